The van der Waals surface area contributed by atoms with Gasteiger partial charge in [-0.3, -0.25) is 0 Å². The van der Waals surface area contributed by atoms with Crippen LogP contribution in [0.25, 0.3) is 0 Å². The Balaban J connectivity index is 2.08. The van der Waals surface area contributed by atoms with Crippen molar-refractivity contribution in [1.29, 1.82) is 0 Å². The Morgan fingerprint density at radius 2 is 2.18 bits per heavy atom. The van der Waals surface area contributed by atoms with Crippen LogP contribution in [0.5, 0.6) is 5.75 Å². The van der Waals surface area contributed by atoms with Gasteiger partial charge in [0.2, 0.25) is 0 Å². The summed E-state index contributed by atoms with van der Waals surface area (Å²) in [4.78, 5) is 1.33. The van der Waals surface area contributed by atoms with Gasteiger partial charge in [0, 0.05) is 11.4 Å². The van der Waals surface area contributed by atoms with E-state index in [0.717, 1.165) is 18.0 Å². The van der Waals surface area contributed by atoms with E-state index in [-0.39, 0.29) is 0 Å². The third-order valence-corrected chi connectivity index (χ3v) is 3.35. The fraction of sp³-hybridized carbons (Fsp3) is 0.286. The van der Waals surface area contributed by atoms with E-state index in [1.165, 1.54) is 10.4 Å². The van der Waals surface area contributed by atoms with Crippen LogP contribution in [0.1, 0.15) is 17.4 Å². The first-order valence-corrected chi connectivity index (χ1v) is 6.67. The van der Waals surface area contributed by atoms with Gasteiger partial charge >= 0.3 is 0 Å². The fourth-order valence-corrected chi connectivity index (χ4v) is 2.29. The highest BCUT2D eigenvalue weighted by Crippen LogP contribution is 2.26. The van der Waals surface area contributed by atoms with Crippen molar-refractivity contribution in [2.75, 3.05) is 11.9 Å². The summed E-state index contributed by atoms with van der Waals surface area (Å²) in [6.45, 7) is 5.62. The molecule has 1 heterocycles. The average molecular weight is 247 g/mol. The Bertz CT molecular complexity index is 465. The van der Waals surface area contributed by atoms with Crippen LogP contribution in [-0.2, 0) is 6.54 Å². The highest BCUT2D eigenvalue weighted by molar-refractivity contribution is 7.09. The summed E-state index contributed by atoms with van der Waals surface area (Å²) in [5.74, 6) is 0.934. The number of thiophene rings is 1. The van der Waals surface area contributed by atoms with Crippen LogP contribution < -0.4 is 10.1 Å². The van der Waals surface area contributed by atoms with Gasteiger partial charge in [-0.1, -0.05) is 12.1 Å². The molecular formula is C14H17NOS. The predicted octanol–water partition coefficient (Wildman–Crippen LogP) is 4.07. The Labute approximate surface area is 106 Å². The summed E-state index contributed by atoms with van der Waals surface area (Å²) >= 11 is 1.76. The molecule has 2 rings (SSSR count). The molecule has 0 aliphatic carbocycles. The molecule has 2 nitrogen and oxygen atoms in total. The zero-order valence-electron chi connectivity index (χ0n) is 10.2. The van der Waals surface area contributed by atoms with Gasteiger partial charge in [0.1, 0.15) is 5.75 Å². The van der Waals surface area contributed by atoms with Crippen molar-refractivity contribution in [2.45, 2.75) is 20.4 Å². The standard InChI is InChI=1S/C14H17NOS/c1-3-16-14-9-11(2)6-7-13(14)15-10-12-5-4-8-17-12/h4-9,15H,3,10H2,1-2H3. The van der Waals surface area contributed by atoms with Crippen molar-refractivity contribution in [1.82, 2.24) is 0 Å². The zero-order valence-corrected chi connectivity index (χ0v) is 11.0. The van der Waals surface area contributed by atoms with Crippen LogP contribution in [0.3, 0.4) is 0 Å². The Kier molecular flexibility index (Phi) is 4.04. The summed E-state index contributed by atoms with van der Waals surface area (Å²) in [7, 11) is 0. The molecule has 17 heavy (non-hydrogen) atoms. The molecule has 0 fully saturated rings. The first kappa shape index (κ1) is 12.0. The van der Waals surface area contributed by atoms with Crippen LogP contribution in [0.15, 0.2) is 35.7 Å². The summed E-state index contributed by atoms with van der Waals surface area (Å²) in [6.07, 6.45) is 0. The van der Waals surface area contributed by atoms with Gasteiger partial charge in [-0.05, 0) is 43.0 Å². The highest BCUT2D eigenvalue weighted by atomic mass is 32.1. The van der Waals surface area contributed by atoms with Gasteiger partial charge < -0.3 is 10.1 Å². The van der Waals surface area contributed by atoms with E-state index in [1.807, 2.05) is 6.92 Å². The molecule has 0 bridgehead atoms. The molecule has 0 amide bonds. The molecule has 1 aromatic heterocycles. The quantitative estimate of drug-likeness (QED) is 0.860. The number of benzene rings is 1. The Morgan fingerprint density at radius 1 is 1.29 bits per heavy atom. The second-order valence-electron chi connectivity index (χ2n) is 3.87. The lowest BCUT2D eigenvalue weighted by Crippen LogP contribution is -2.01. The van der Waals surface area contributed by atoms with E-state index in [1.54, 1.807) is 11.3 Å². The van der Waals surface area contributed by atoms with Crippen molar-refractivity contribution < 1.29 is 4.74 Å². The van der Waals surface area contributed by atoms with Crippen molar-refractivity contribution in [3.63, 3.8) is 0 Å². The van der Waals surface area contributed by atoms with E-state index in [2.05, 4.69) is 48.0 Å². The lowest BCUT2D eigenvalue weighted by molar-refractivity contribution is 0.341. The third-order valence-electron chi connectivity index (χ3n) is 2.47. The van der Waals surface area contributed by atoms with Crippen LogP contribution in [-0.4, -0.2) is 6.61 Å². The number of hydrogen-bond acceptors (Lipinski definition) is 3. The molecule has 0 aliphatic rings. The third kappa shape index (κ3) is 3.24. The van der Waals surface area contributed by atoms with Crippen molar-refractivity contribution >= 4 is 17.0 Å². The van der Waals surface area contributed by atoms with Gasteiger partial charge in [-0.2, -0.15) is 0 Å². The summed E-state index contributed by atoms with van der Waals surface area (Å²) in [6, 6.07) is 10.4. The molecule has 3 heteroatoms. The second-order valence-corrected chi connectivity index (χ2v) is 4.90. The molecule has 1 N–H and O–H groups in total. The van der Waals surface area contributed by atoms with E-state index in [9.17, 15) is 0 Å². The maximum absolute atomic E-state index is 5.63. The monoisotopic (exact) mass is 247 g/mol. The van der Waals surface area contributed by atoms with Gasteiger partial charge in [-0.15, -0.1) is 11.3 Å². The van der Waals surface area contributed by atoms with E-state index in [0.29, 0.717) is 6.61 Å². The molecule has 90 valence electrons. The summed E-state index contributed by atoms with van der Waals surface area (Å²) in [5.41, 5.74) is 2.28. The number of aryl methyl sites for hydroxylation is 1. The van der Waals surface area contributed by atoms with Gasteiger partial charge in [-0.25, -0.2) is 0 Å². The van der Waals surface area contributed by atoms with Crippen molar-refractivity contribution in [3.05, 3.63) is 46.2 Å². The minimum atomic E-state index is 0.692. The van der Waals surface area contributed by atoms with Gasteiger partial charge in [0.25, 0.3) is 0 Å². The second kappa shape index (κ2) is 5.73. The molecule has 0 radical (unpaired) electrons. The highest BCUT2D eigenvalue weighted by Gasteiger charge is 2.03. The van der Waals surface area contributed by atoms with Gasteiger partial charge in [0.05, 0.1) is 12.3 Å². The Morgan fingerprint density at radius 3 is 2.88 bits per heavy atom. The van der Waals surface area contributed by atoms with Gasteiger partial charge in [0.15, 0.2) is 0 Å². The topological polar surface area (TPSA) is 21.3 Å². The number of ether oxygens (including phenoxy) is 1. The molecule has 2 aromatic rings. The zero-order chi connectivity index (χ0) is 12.1. The summed E-state index contributed by atoms with van der Waals surface area (Å²) < 4.78 is 5.63. The number of nitrogens with one attached hydrogen (secondary N) is 1. The predicted molar refractivity (Wildman–Crippen MR) is 74.0 cm³/mol. The molecular weight excluding hydrogens is 230 g/mol. The minimum absolute atomic E-state index is 0.692. The number of rotatable bonds is 5. The SMILES string of the molecule is CCOc1cc(C)ccc1NCc1cccs1. The minimum Gasteiger partial charge on any atom is -0.492 e. The molecule has 0 spiro atoms. The fourth-order valence-electron chi connectivity index (χ4n) is 1.65. The van der Waals surface area contributed by atoms with E-state index < -0.39 is 0 Å². The number of hydrogen-bond donors (Lipinski definition) is 1. The van der Waals surface area contributed by atoms with E-state index in [4.69, 9.17) is 4.74 Å². The molecule has 1 aromatic carbocycles. The lowest BCUT2D eigenvalue weighted by Gasteiger charge is -2.12. The average Bonchev–Trinajstić information content (AvgIpc) is 2.81. The molecule has 0 saturated carbocycles. The largest absolute Gasteiger partial charge is 0.492 e. The summed E-state index contributed by atoms with van der Waals surface area (Å²) in [5, 5.41) is 5.51. The van der Waals surface area contributed by atoms with Crippen LogP contribution in [0.2, 0.25) is 0 Å². The van der Waals surface area contributed by atoms with E-state index >= 15 is 0 Å². The smallest absolute Gasteiger partial charge is 0.142 e. The molecule has 0 unspecified atom stereocenters. The van der Waals surface area contributed by atoms with Crippen LogP contribution in [0.4, 0.5) is 5.69 Å². The van der Waals surface area contributed by atoms with Crippen LogP contribution >= 0.6 is 11.3 Å². The van der Waals surface area contributed by atoms with Crippen molar-refractivity contribution in [2.24, 2.45) is 0 Å². The molecule has 0 aliphatic heterocycles. The molecule has 0 saturated heterocycles. The first-order chi connectivity index (χ1) is 8.29. The first-order valence-electron chi connectivity index (χ1n) is 5.79. The molecule has 0 atom stereocenters. The van der Waals surface area contributed by atoms with Crippen LogP contribution in [0, 0.1) is 6.92 Å². The normalized spacial score (nSPS) is 10.2. The Hall–Kier alpha value is -1.48. The number of anilines is 1. The maximum Gasteiger partial charge on any atom is 0.142 e. The van der Waals surface area contributed by atoms with Crippen molar-refractivity contribution in [3.8, 4) is 5.75 Å². The lowest BCUT2D eigenvalue weighted by atomic mass is 10.2. The maximum atomic E-state index is 5.63.